The summed E-state index contributed by atoms with van der Waals surface area (Å²) in [4.78, 5) is 14.9. The van der Waals surface area contributed by atoms with Gasteiger partial charge >= 0.3 is 0 Å². The number of nitrogens with zero attached hydrogens (tertiary/aromatic N) is 2. The van der Waals surface area contributed by atoms with Gasteiger partial charge in [0.05, 0.1) is 11.2 Å². The third-order valence-corrected chi connectivity index (χ3v) is 5.34. The van der Waals surface area contributed by atoms with Gasteiger partial charge in [-0.15, -0.1) is 0 Å². The summed E-state index contributed by atoms with van der Waals surface area (Å²) in [5.74, 6) is 0.485. The Balaban J connectivity index is 1.56. The fraction of sp³-hybridized carbons (Fsp3) is 0.273. The smallest absolute Gasteiger partial charge is 0.256 e. The van der Waals surface area contributed by atoms with Crippen molar-refractivity contribution in [1.29, 1.82) is 0 Å². The van der Waals surface area contributed by atoms with Crippen LogP contribution in [-0.2, 0) is 18.6 Å². The van der Waals surface area contributed by atoms with E-state index in [2.05, 4.69) is 65.5 Å². The first-order valence-electron chi connectivity index (χ1n) is 9.20. The average molecular weight is 360 g/mol. The highest BCUT2D eigenvalue weighted by Gasteiger charge is 2.41. The lowest BCUT2D eigenvalue weighted by Gasteiger charge is -2.31. The molecule has 0 saturated carbocycles. The van der Waals surface area contributed by atoms with Crippen LogP contribution in [0.5, 0.6) is 0 Å². The van der Waals surface area contributed by atoms with Gasteiger partial charge in [-0.05, 0) is 38.5 Å². The monoisotopic (exact) mass is 360 g/mol. The maximum absolute atomic E-state index is 12.5. The highest BCUT2D eigenvalue weighted by atomic mass is 16.1. The van der Waals surface area contributed by atoms with Crippen molar-refractivity contribution in [2.45, 2.75) is 39.4 Å². The second-order valence-electron chi connectivity index (χ2n) is 7.65. The number of carbonyl (C=O) groups excluding carboxylic acids is 1. The zero-order valence-corrected chi connectivity index (χ0v) is 15.9. The molecule has 2 heterocycles. The van der Waals surface area contributed by atoms with Gasteiger partial charge in [0.25, 0.3) is 5.91 Å². The Morgan fingerprint density at radius 1 is 1.19 bits per heavy atom. The first kappa shape index (κ1) is 17.5. The lowest BCUT2D eigenvalue weighted by atomic mass is 10.00. The highest BCUT2D eigenvalue weighted by molar-refractivity contribution is 6.04. The number of hydrogen-bond donors (Lipinski definition) is 2. The van der Waals surface area contributed by atoms with E-state index in [1.807, 2.05) is 18.2 Å². The Morgan fingerprint density at radius 3 is 2.70 bits per heavy atom. The molecule has 0 unspecified atom stereocenters. The van der Waals surface area contributed by atoms with Crippen LogP contribution >= 0.6 is 0 Å². The van der Waals surface area contributed by atoms with Crippen LogP contribution in [0.3, 0.4) is 0 Å². The average Bonchev–Trinajstić information content (AvgIpc) is 3.15. The summed E-state index contributed by atoms with van der Waals surface area (Å²) in [6.45, 7) is 8.09. The van der Waals surface area contributed by atoms with Crippen LogP contribution in [0.1, 0.15) is 46.6 Å². The van der Waals surface area contributed by atoms with Gasteiger partial charge < -0.3 is 5.32 Å². The van der Waals surface area contributed by atoms with E-state index in [1.165, 1.54) is 11.1 Å². The van der Waals surface area contributed by atoms with Crippen molar-refractivity contribution < 1.29 is 4.79 Å². The van der Waals surface area contributed by atoms with Crippen LogP contribution in [0, 0.1) is 6.92 Å². The molecule has 1 amide bonds. The number of aromatic amines is 1. The van der Waals surface area contributed by atoms with Crippen LogP contribution in [0.2, 0.25) is 0 Å². The van der Waals surface area contributed by atoms with Crippen molar-refractivity contribution in [2.75, 3.05) is 5.32 Å². The van der Waals surface area contributed by atoms with E-state index in [1.54, 1.807) is 12.1 Å². The summed E-state index contributed by atoms with van der Waals surface area (Å²) in [6, 6.07) is 17.8. The minimum absolute atomic E-state index is 0.139. The Morgan fingerprint density at radius 2 is 1.96 bits per heavy atom. The molecule has 0 atom stereocenters. The molecule has 1 aromatic heterocycles. The third-order valence-electron chi connectivity index (χ3n) is 5.34. The SMILES string of the molecule is Cc1cccc(CN2Cc3c(NC(=O)c4ccccc4)n[nH]c3C2(C)C)c1. The van der Waals surface area contributed by atoms with E-state index in [0.717, 1.165) is 24.3 Å². The zero-order chi connectivity index (χ0) is 19.0. The van der Waals surface area contributed by atoms with Crippen LogP contribution in [0.15, 0.2) is 54.6 Å². The van der Waals surface area contributed by atoms with Gasteiger partial charge in [0.1, 0.15) is 0 Å². The fourth-order valence-electron chi connectivity index (χ4n) is 3.73. The second kappa shape index (κ2) is 6.67. The molecule has 0 aliphatic carbocycles. The number of aromatic nitrogens is 2. The van der Waals surface area contributed by atoms with E-state index >= 15 is 0 Å². The zero-order valence-electron chi connectivity index (χ0n) is 15.9. The molecule has 0 saturated heterocycles. The van der Waals surface area contributed by atoms with Crippen LogP contribution in [0.25, 0.3) is 0 Å². The van der Waals surface area contributed by atoms with Crippen molar-refractivity contribution >= 4 is 11.7 Å². The first-order valence-corrected chi connectivity index (χ1v) is 9.20. The quantitative estimate of drug-likeness (QED) is 0.732. The number of amides is 1. The normalized spacial score (nSPS) is 15.5. The summed E-state index contributed by atoms with van der Waals surface area (Å²) >= 11 is 0. The van der Waals surface area contributed by atoms with Gasteiger partial charge in [0, 0.05) is 24.2 Å². The topological polar surface area (TPSA) is 61.0 Å². The number of rotatable bonds is 4. The van der Waals surface area contributed by atoms with Gasteiger partial charge in [0.15, 0.2) is 5.82 Å². The third kappa shape index (κ3) is 3.26. The molecule has 1 aliphatic heterocycles. The summed E-state index contributed by atoms with van der Waals surface area (Å²) in [5, 5.41) is 10.5. The molecule has 138 valence electrons. The number of carbonyl (C=O) groups is 1. The van der Waals surface area contributed by atoms with Crippen molar-refractivity contribution in [3.63, 3.8) is 0 Å². The van der Waals surface area contributed by atoms with Crippen molar-refractivity contribution in [1.82, 2.24) is 15.1 Å². The van der Waals surface area contributed by atoms with Crippen molar-refractivity contribution in [3.05, 3.63) is 82.5 Å². The van der Waals surface area contributed by atoms with E-state index in [4.69, 9.17) is 0 Å². The number of fused-ring (bicyclic) bond motifs is 1. The molecular formula is C22H24N4O. The van der Waals surface area contributed by atoms with E-state index in [-0.39, 0.29) is 11.4 Å². The molecule has 5 heteroatoms. The van der Waals surface area contributed by atoms with Crippen molar-refractivity contribution in [2.24, 2.45) is 0 Å². The highest BCUT2D eigenvalue weighted by Crippen LogP contribution is 2.41. The molecule has 1 aliphatic rings. The van der Waals surface area contributed by atoms with Gasteiger partial charge in [-0.2, -0.15) is 5.10 Å². The van der Waals surface area contributed by atoms with Gasteiger partial charge in [-0.3, -0.25) is 14.8 Å². The second-order valence-corrected chi connectivity index (χ2v) is 7.65. The minimum Gasteiger partial charge on any atom is -0.305 e. The standard InChI is InChI=1S/C22H24N4O/c1-15-8-7-9-16(12-15)13-26-14-18-19(22(26,2)3)24-25-20(18)23-21(27)17-10-5-4-6-11-17/h4-12H,13-14H2,1-3H3,(H2,23,24,25,27). The molecule has 0 fully saturated rings. The Kier molecular flexibility index (Phi) is 4.32. The molecular weight excluding hydrogens is 336 g/mol. The van der Waals surface area contributed by atoms with E-state index in [9.17, 15) is 4.79 Å². The van der Waals surface area contributed by atoms with Crippen LogP contribution in [-0.4, -0.2) is 21.0 Å². The summed E-state index contributed by atoms with van der Waals surface area (Å²) in [7, 11) is 0. The van der Waals surface area contributed by atoms with Crippen LogP contribution < -0.4 is 5.32 Å². The molecule has 5 nitrogen and oxygen atoms in total. The van der Waals surface area contributed by atoms with Gasteiger partial charge in [0.2, 0.25) is 0 Å². The van der Waals surface area contributed by atoms with Gasteiger partial charge in [-0.1, -0.05) is 48.0 Å². The number of benzene rings is 2. The number of hydrogen-bond acceptors (Lipinski definition) is 3. The molecule has 0 spiro atoms. The molecule has 4 rings (SSSR count). The summed E-state index contributed by atoms with van der Waals surface area (Å²) in [5.41, 5.74) is 5.14. The number of nitrogens with one attached hydrogen (secondary N) is 2. The Hall–Kier alpha value is -2.92. The number of H-pyrrole nitrogens is 1. The van der Waals surface area contributed by atoms with Crippen molar-refractivity contribution in [3.8, 4) is 0 Å². The van der Waals surface area contributed by atoms with E-state index in [0.29, 0.717) is 11.4 Å². The fourth-order valence-corrected chi connectivity index (χ4v) is 3.73. The Bertz CT molecular complexity index is 975. The van der Waals surface area contributed by atoms with Gasteiger partial charge in [-0.25, -0.2) is 0 Å². The molecule has 27 heavy (non-hydrogen) atoms. The Labute approximate surface area is 159 Å². The summed E-state index contributed by atoms with van der Waals surface area (Å²) in [6.07, 6.45) is 0. The maximum atomic E-state index is 12.5. The molecule has 2 aromatic carbocycles. The van der Waals surface area contributed by atoms with Crippen LogP contribution in [0.4, 0.5) is 5.82 Å². The lowest BCUT2D eigenvalue weighted by Crippen LogP contribution is -2.35. The predicted octanol–water partition coefficient (Wildman–Crippen LogP) is 4.22. The largest absolute Gasteiger partial charge is 0.305 e. The maximum Gasteiger partial charge on any atom is 0.256 e. The molecule has 2 N–H and O–H groups in total. The molecule has 0 bridgehead atoms. The molecule has 0 radical (unpaired) electrons. The molecule has 3 aromatic rings. The number of anilines is 1. The first-order chi connectivity index (χ1) is 12.9. The number of aryl methyl sites for hydroxylation is 1. The summed E-state index contributed by atoms with van der Waals surface area (Å²) < 4.78 is 0. The minimum atomic E-state index is -0.179. The predicted molar refractivity (Wildman–Crippen MR) is 106 cm³/mol. The lowest BCUT2D eigenvalue weighted by molar-refractivity contribution is 0.102. The van der Waals surface area contributed by atoms with E-state index < -0.39 is 0 Å².